The van der Waals surface area contributed by atoms with E-state index in [1.165, 1.54) is 17.7 Å². The van der Waals surface area contributed by atoms with Crippen LogP contribution in [0.3, 0.4) is 0 Å². The van der Waals surface area contributed by atoms with Crippen LogP contribution in [0.4, 0.5) is 4.39 Å². The van der Waals surface area contributed by atoms with Crippen molar-refractivity contribution in [2.75, 3.05) is 13.1 Å². The number of halogens is 1. The van der Waals surface area contributed by atoms with E-state index in [1.807, 2.05) is 30.3 Å². The number of hydrogen-bond donors (Lipinski definition) is 1. The molecule has 1 aliphatic heterocycles. The van der Waals surface area contributed by atoms with Crippen LogP contribution < -0.4 is 0 Å². The van der Waals surface area contributed by atoms with Gasteiger partial charge in [-0.05, 0) is 23.3 Å². The van der Waals surface area contributed by atoms with Crippen molar-refractivity contribution in [1.82, 2.24) is 4.90 Å². The Morgan fingerprint density at radius 1 is 1.09 bits per heavy atom. The largest absolute Gasteiger partial charge is 0.481 e. The molecule has 1 N–H and O–H groups in total. The number of likely N-dealkylation sites (tertiary alicyclic amines) is 1. The summed E-state index contributed by atoms with van der Waals surface area (Å²) >= 11 is 0. The van der Waals surface area contributed by atoms with Gasteiger partial charge in [-0.1, -0.05) is 42.5 Å². The Bertz CT molecular complexity index is 642. The summed E-state index contributed by atoms with van der Waals surface area (Å²) < 4.78 is 13.1. The van der Waals surface area contributed by atoms with E-state index < -0.39 is 11.9 Å². The number of rotatable bonds is 4. The van der Waals surface area contributed by atoms with Crippen LogP contribution in [-0.4, -0.2) is 29.1 Å². The lowest BCUT2D eigenvalue weighted by Crippen LogP contribution is -2.23. The van der Waals surface area contributed by atoms with Crippen molar-refractivity contribution < 1.29 is 14.3 Å². The summed E-state index contributed by atoms with van der Waals surface area (Å²) in [5.74, 6) is -1.63. The lowest BCUT2D eigenvalue weighted by molar-refractivity contribution is -0.141. The maximum atomic E-state index is 13.1. The van der Waals surface area contributed by atoms with E-state index in [0.717, 1.165) is 12.1 Å². The summed E-state index contributed by atoms with van der Waals surface area (Å²) in [6, 6.07) is 16.2. The summed E-state index contributed by atoms with van der Waals surface area (Å²) in [7, 11) is 0. The third-order valence-corrected chi connectivity index (χ3v) is 4.26. The van der Waals surface area contributed by atoms with Gasteiger partial charge in [0.25, 0.3) is 0 Å². The second-order valence-electron chi connectivity index (χ2n) is 5.78. The molecule has 0 spiro atoms. The molecular formula is C18H18FNO2. The second kappa shape index (κ2) is 6.28. The van der Waals surface area contributed by atoms with E-state index in [-0.39, 0.29) is 11.7 Å². The van der Waals surface area contributed by atoms with Gasteiger partial charge in [-0.3, -0.25) is 9.69 Å². The van der Waals surface area contributed by atoms with E-state index in [2.05, 4.69) is 4.90 Å². The number of carboxylic acid groups (broad SMARTS) is 1. The molecule has 1 fully saturated rings. The number of carbonyl (C=O) groups is 1. The molecule has 1 saturated heterocycles. The van der Waals surface area contributed by atoms with Crippen LogP contribution in [0.2, 0.25) is 0 Å². The van der Waals surface area contributed by atoms with Crippen LogP contribution in [0.5, 0.6) is 0 Å². The first kappa shape index (κ1) is 14.7. The molecule has 1 aliphatic rings. The molecule has 0 unspecified atom stereocenters. The minimum Gasteiger partial charge on any atom is -0.481 e. The zero-order chi connectivity index (χ0) is 15.5. The minimum absolute atomic E-state index is 0.0955. The topological polar surface area (TPSA) is 40.5 Å². The van der Waals surface area contributed by atoms with Crippen molar-refractivity contribution in [3.63, 3.8) is 0 Å². The lowest BCUT2D eigenvalue weighted by atomic mass is 9.89. The van der Waals surface area contributed by atoms with Gasteiger partial charge in [0.1, 0.15) is 5.82 Å². The highest BCUT2D eigenvalue weighted by Crippen LogP contribution is 2.33. The van der Waals surface area contributed by atoms with E-state index in [4.69, 9.17) is 0 Å². The molecule has 0 saturated carbocycles. The first-order valence-electron chi connectivity index (χ1n) is 7.38. The molecule has 2 atom stereocenters. The number of hydrogen-bond acceptors (Lipinski definition) is 2. The van der Waals surface area contributed by atoms with Crippen LogP contribution in [0.15, 0.2) is 54.6 Å². The van der Waals surface area contributed by atoms with Gasteiger partial charge in [0.05, 0.1) is 5.92 Å². The fraction of sp³-hybridized carbons (Fsp3) is 0.278. The molecule has 22 heavy (non-hydrogen) atoms. The summed E-state index contributed by atoms with van der Waals surface area (Å²) in [6.07, 6.45) is 0. The average Bonchev–Trinajstić information content (AvgIpc) is 2.93. The van der Waals surface area contributed by atoms with E-state index in [0.29, 0.717) is 13.1 Å². The average molecular weight is 299 g/mol. The number of aliphatic carboxylic acids is 1. The van der Waals surface area contributed by atoms with Crippen molar-refractivity contribution in [2.24, 2.45) is 5.92 Å². The highest BCUT2D eigenvalue weighted by molar-refractivity contribution is 5.72. The second-order valence-corrected chi connectivity index (χ2v) is 5.78. The zero-order valence-corrected chi connectivity index (χ0v) is 12.2. The third-order valence-electron chi connectivity index (χ3n) is 4.26. The molecule has 2 aromatic rings. The molecule has 1 heterocycles. The summed E-state index contributed by atoms with van der Waals surface area (Å²) in [4.78, 5) is 13.7. The highest BCUT2D eigenvalue weighted by Gasteiger charge is 2.38. The summed E-state index contributed by atoms with van der Waals surface area (Å²) in [5, 5.41) is 9.48. The molecule has 4 heteroatoms. The fourth-order valence-corrected chi connectivity index (χ4v) is 3.15. The Morgan fingerprint density at radius 3 is 2.41 bits per heavy atom. The molecule has 0 radical (unpaired) electrons. The number of benzene rings is 2. The van der Waals surface area contributed by atoms with Gasteiger partial charge in [-0.2, -0.15) is 0 Å². The quantitative estimate of drug-likeness (QED) is 0.943. The van der Waals surface area contributed by atoms with Gasteiger partial charge < -0.3 is 5.11 Å². The zero-order valence-electron chi connectivity index (χ0n) is 12.2. The van der Waals surface area contributed by atoms with Gasteiger partial charge in [0.2, 0.25) is 0 Å². The predicted molar refractivity (Wildman–Crippen MR) is 82.0 cm³/mol. The maximum absolute atomic E-state index is 13.1. The van der Waals surface area contributed by atoms with Gasteiger partial charge >= 0.3 is 5.97 Å². The Balaban J connectivity index is 1.77. The Labute approximate surface area is 129 Å². The SMILES string of the molecule is O=C(O)[C@@H]1CN(Cc2ccccc2)C[C@H]1c1ccc(F)cc1. The van der Waals surface area contributed by atoms with Crippen LogP contribution in [0, 0.1) is 11.7 Å². The summed E-state index contributed by atoms with van der Waals surface area (Å²) in [6.45, 7) is 1.94. The lowest BCUT2D eigenvalue weighted by Gasteiger charge is -2.16. The Hall–Kier alpha value is -2.20. The Kier molecular flexibility index (Phi) is 4.20. The molecule has 0 aromatic heterocycles. The first-order chi connectivity index (χ1) is 10.6. The molecule has 2 aromatic carbocycles. The van der Waals surface area contributed by atoms with E-state index in [1.54, 1.807) is 12.1 Å². The van der Waals surface area contributed by atoms with Crippen molar-refractivity contribution in [1.29, 1.82) is 0 Å². The van der Waals surface area contributed by atoms with Gasteiger partial charge in [-0.25, -0.2) is 4.39 Å². The first-order valence-corrected chi connectivity index (χ1v) is 7.38. The van der Waals surface area contributed by atoms with Crippen LogP contribution in [0.1, 0.15) is 17.0 Å². The van der Waals surface area contributed by atoms with Crippen molar-refractivity contribution >= 4 is 5.97 Å². The van der Waals surface area contributed by atoms with Gasteiger partial charge in [0.15, 0.2) is 0 Å². The van der Waals surface area contributed by atoms with Crippen LogP contribution >= 0.6 is 0 Å². The molecule has 3 rings (SSSR count). The normalized spacial score (nSPS) is 21.9. The number of nitrogens with zero attached hydrogens (tertiary/aromatic N) is 1. The molecule has 114 valence electrons. The number of carboxylic acids is 1. The van der Waals surface area contributed by atoms with Crippen molar-refractivity contribution in [2.45, 2.75) is 12.5 Å². The third kappa shape index (κ3) is 3.17. The summed E-state index contributed by atoms with van der Waals surface area (Å²) in [5.41, 5.74) is 2.07. The standard InChI is InChI=1S/C18H18FNO2/c19-15-8-6-14(7-9-15)16-11-20(12-17(16)18(21)22)10-13-4-2-1-3-5-13/h1-9,16-17H,10-12H2,(H,21,22)/t16-,17+/m0/s1. The van der Waals surface area contributed by atoms with Crippen LogP contribution in [0.25, 0.3) is 0 Å². The maximum Gasteiger partial charge on any atom is 0.308 e. The molecular weight excluding hydrogens is 281 g/mol. The molecule has 0 aliphatic carbocycles. The predicted octanol–water partition coefficient (Wildman–Crippen LogP) is 3.13. The smallest absolute Gasteiger partial charge is 0.308 e. The molecule has 0 bridgehead atoms. The van der Waals surface area contributed by atoms with Crippen molar-refractivity contribution in [3.8, 4) is 0 Å². The fourth-order valence-electron chi connectivity index (χ4n) is 3.15. The highest BCUT2D eigenvalue weighted by atomic mass is 19.1. The van der Waals surface area contributed by atoms with Gasteiger partial charge in [-0.15, -0.1) is 0 Å². The van der Waals surface area contributed by atoms with E-state index in [9.17, 15) is 14.3 Å². The molecule has 0 amide bonds. The van der Waals surface area contributed by atoms with E-state index >= 15 is 0 Å². The Morgan fingerprint density at radius 2 is 1.77 bits per heavy atom. The van der Waals surface area contributed by atoms with Crippen molar-refractivity contribution in [3.05, 3.63) is 71.5 Å². The van der Waals surface area contributed by atoms with Crippen LogP contribution in [-0.2, 0) is 11.3 Å². The minimum atomic E-state index is -0.787. The molecule has 3 nitrogen and oxygen atoms in total. The van der Waals surface area contributed by atoms with Gasteiger partial charge in [0, 0.05) is 25.6 Å². The monoisotopic (exact) mass is 299 g/mol.